The van der Waals surface area contributed by atoms with Crippen LogP contribution in [-0.2, 0) is 4.79 Å². The Balaban J connectivity index is 1.29. The standard InChI is InChI=1S/C34H27N3O3S2/c1-22-29(24-12-6-3-7-13-24)30-32(41-22)36-34(37(33(30)39)26-14-8-4-9-15-26)42-23(2)31(38)35-25-18-20-28(21-19-25)40-27-16-10-5-11-17-27/h3-21,23H,1-2H3,(H,35,38). The van der Waals surface area contributed by atoms with Gasteiger partial charge in [0.25, 0.3) is 5.56 Å². The van der Waals surface area contributed by atoms with Crippen LogP contribution in [-0.4, -0.2) is 20.7 Å². The second-order valence-corrected chi connectivity index (χ2v) is 12.1. The van der Waals surface area contributed by atoms with Crippen molar-refractivity contribution in [2.45, 2.75) is 24.3 Å². The Bertz CT molecular complexity index is 1900. The number of benzene rings is 4. The smallest absolute Gasteiger partial charge is 0.268 e. The van der Waals surface area contributed by atoms with E-state index in [0.717, 1.165) is 21.8 Å². The summed E-state index contributed by atoms with van der Waals surface area (Å²) in [6.45, 7) is 3.83. The number of rotatable bonds is 8. The molecule has 8 heteroatoms. The van der Waals surface area contributed by atoms with E-state index in [9.17, 15) is 9.59 Å². The van der Waals surface area contributed by atoms with Crippen molar-refractivity contribution in [2.75, 3.05) is 5.32 Å². The van der Waals surface area contributed by atoms with Crippen LogP contribution in [0.5, 0.6) is 11.5 Å². The molecule has 1 N–H and O–H groups in total. The number of thioether (sulfide) groups is 1. The Labute approximate surface area is 251 Å². The Hall–Kier alpha value is -4.66. The molecule has 2 heterocycles. The zero-order chi connectivity index (χ0) is 29.1. The molecule has 6 aromatic rings. The molecule has 0 aliphatic carbocycles. The van der Waals surface area contributed by atoms with Gasteiger partial charge in [-0.05, 0) is 67.9 Å². The number of thiophene rings is 1. The number of ether oxygens (including phenoxy) is 1. The number of carbonyl (C=O) groups is 1. The third kappa shape index (κ3) is 5.72. The second kappa shape index (κ2) is 12.1. The van der Waals surface area contributed by atoms with Crippen molar-refractivity contribution in [1.82, 2.24) is 9.55 Å². The van der Waals surface area contributed by atoms with Crippen LogP contribution < -0.4 is 15.6 Å². The number of amides is 1. The number of hydrogen-bond acceptors (Lipinski definition) is 6. The number of para-hydroxylation sites is 2. The molecule has 0 fully saturated rings. The van der Waals surface area contributed by atoms with Gasteiger partial charge in [0, 0.05) is 16.1 Å². The van der Waals surface area contributed by atoms with Crippen molar-refractivity contribution < 1.29 is 9.53 Å². The minimum atomic E-state index is -0.529. The molecule has 0 saturated heterocycles. The Kier molecular flexibility index (Phi) is 7.90. The van der Waals surface area contributed by atoms with Crippen molar-refractivity contribution in [3.8, 4) is 28.3 Å². The summed E-state index contributed by atoms with van der Waals surface area (Å²) in [4.78, 5) is 34.1. The van der Waals surface area contributed by atoms with Crippen LogP contribution in [0.25, 0.3) is 27.0 Å². The molecular formula is C34H27N3O3S2. The fourth-order valence-corrected chi connectivity index (χ4v) is 6.68. The molecule has 1 unspecified atom stereocenters. The summed E-state index contributed by atoms with van der Waals surface area (Å²) < 4.78 is 7.46. The molecule has 0 spiro atoms. The normalized spacial score (nSPS) is 11.8. The molecule has 1 amide bonds. The Morgan fingerprint density at radius 2 is 1.45 bits per heavy atom. The number of anilines is 1. The van der Waals surface area contributed by atoms with E-state index in [1.807, 2.05) is 117 Å². The van der Waals surface area contributed by atoms with E-state index in [0.29, 0.717) is 32.5 Å². The van der Waals surface area contributed by atoms with Crippen LogP contribution >= 0.6 is 23.1 Å². The first-order valence-corrected chi connectivity index (χ1v) is 15.1. The monoisotopic (exact) mass is 589 g/mol. The Morgan fingerprint density at radius 3 is 2.12 bits per heavy atom. The maximum absolute atomic E-state index is 14.2. The van der Waals surface area contributed by atoms with E-state index in [2.05, 4.69) is 5.32 Å². The lowest BCUT2D eigenvalue weighted by atomic mass is 10.0. The molecule has 0 radical (unpaired) electrons. The van der Waals surface area contributed by atoms with Gasteiger partial charge in [-0.2, -0.15) is 0 Å². The predicted octanol–water partition coefficient (Wildman–Crippen LogP) is 8.33. The average molecular weight is 590 g/mol. The molecule has 0 aliphatic heterocycles. The first-order chi connectivity index (χ1) is 20.5. The summed E-state index contributed by atoms with van der Waals surface area (Å²) in [5.74, 6) is 1.22. The lowest BCUT2D eigenvalue weighted by Crippen LogP contribution is -2.26. The van der Waals surface area contributed by atoms with Gasteiger partial charge in [0.05, 0.1) is 16.3 Å². The minimum absolute atomic E-state index is 0.154. The van der Waals surface area contributed by atoms with Crippen LogP contribution in [0.1, 0.15) is 11.8 Å². The molecule has 0 bridgehead atoms. The molecule has 1 atom stereocenters. The first-order valence-electron chi connectivity index (χ1n) is 13.5. The molecule has 6 rings (SSSR count). The molecular weight excluding hydrogens is 563 g/mol. The minimum Gasteiger partial charge on any atom is -0.457 e. The molecule has 0 aliphatic rings. The second-order valence-electron chi connectivity index (χ2n) is 9.64. The van der Waals surface area contributed by atoms with Gasteiger partial charge < -0.3 is 10.1 Å². The number of fused-ring (bicyclic) bond motifs is 1. The largest absolute Gasteiger partial charge is 0.457 e. The van der Waals surface area contributed by atoms with E-state index in [-0.39, 0.29) is 11.5 Å². The van der Waals surface area contributed by atoms with E-state index in [1.54, 1.807) is 16.7 Å². The highest BCUT2D eigenvalue weighted by molar-refractivity contribution is 8.00. The fourth-order valence-electron chi connectivity index (χ4n) is 4.67. The summed E-state index contributed by atoms with van der Waals surface area (Å²) in [5.41, 5.74) is 3.08. The van der Waals surface area contributed by atoms with E-state index in [4.69, 9.17) is 9.72 Å². The predicted molar refractivity (Wildman–Crippen MR) is 172 cm³/mol. The van der Waals surface area contributed by atoms with Crippen molar-refractivity contribution in [1.29, 1.82) is 0 Å². The van der Waals surface area contributed by atoms with Gasteiger partial charge in [-0.15, -0.1) is 11.3 Å². The Morgan fingerprint density at radius 1 is 0.857 bits per heavy atom. The summed E-state index contributed by atoms with van der Waals surface area (Å²) in [7, 11) is 0. The molecule has 0 saturated carbocycles. The summed E-state index contributed by atoms with van der Waals surface area (Å²) >= 11 is 2.75. The third-order valence-corrected chi connectivity index (χ3v) is 8.75. The molecule has 208 valence electrons. The average Bonchev–Trinajstić information content (AvgIpc) is 3.35. The van der Waals surface area contributed by atoms with Gasteiger partial charge >= 0.3 is 0 Å². The first kappa shape index (κ1) is 27.5. The zero-order valence-corrected chi connectivity index (χ0v) is 24.6. The van der Waals surface area contributed by atoms with Crippen molar-refractivity contribution >= 4 is 44.9 Å². The fraction of sp³-hybridized carbons (Fsp3) is 0.0882. The van der Waals surface area contributed by atoms with E-state index >= 15 is 0 Å². The molecule has 4 aromatic carbocycles. The van der Waals surface area contributed by atoms with Crippen molar-refractivity contribution in [3.05, 3.63) is 130 Å². The number of carbonyl (C=O) groups excluding carboxylic acids is 1. The van der Waals surface area contributed by atoms with Gasteiger partial charge in [0.1, 0.15) is 16.3 Å². The number of aromatic nitrogens is 2. The lowest BCUT2D eigenvalue weighted by molar-refractivity contribution is -0.115. The maximum atomic E-state index is 14.2. The maximum Gasteiger partial charge on any atom is 0.268 e. The number of nitrogens with zero attached hydrogens (tertiary/aromatic N) is 2. The summed E-state index contributed by atoms with van der Waals surface area (Å²) in [6.07, 6.45) is 0. The van der Waals surface area contributed by atoms with Crippen molar-refractivity contribution in [2.24, 2.45) is 0 Å². The SMILES string of the molecule is Cc1sc2nc(SC(C)C(=O)Nc3ccc(Oc4ccccc4)cc3)n(-c3ccccc3)c(=O)c2c1-c1ccccc1. The molecule has 6 nitrogen and oxygen atoms in total. The van der Waals surface area contributed by atoms with Crippen LogP contribution in [0, 0.1) is 6.92 Å². The van der Waals surface area contributed by atoms with E-state index < -0.39 is 5.25 Å². The highest BCUT2D eigenvalue weighted by Gasteiger charge is 2.24. The van der Waals surface area contributed by atoms with Crippen LogP contribution in [0.2, 0.25) is 0 Å². The zero-order valence-electron chi connectivity index (χ0n) is 23.0. The van der Waals surface area contributed by atoms with Crippen LogP contribution in [0.3, 0.4) is 0 Å². The van der Waals surface area contributed by atoms with Crippen LogP contribution in [0.15, 0.2) is 125 Å². The highest BCUT2D eigenvalue weighted by atomic mass is 32.2. The van der Waals surface area contributed by atoms with Gasteiger partial charge in [0.2, 0.25) is 5.91 Å². The van der Waals surface area contributed by atoms with E-state index in [1.165, 1.54) is 23.1 Å². The molecule has 2 aromatic heterocycles. The lowest BCUT2D eigenvalue weighted by Gasteiger charge is -2.16. The number of nitrogens with one attached hydrogen (secondary N) is 1. The van der Waals surface area contributed by atoms with Crippen LogP contribution in [0.4, 0.5) is 5.69 Å². The summed E-state index contributed by atoms with van der Waals surface area (Å²) in [6, 6.07) is 36.1. The van der Waals surface area contributed by atoms with Crippen molar-refractivity contribution in [3.63, 3.8) is 0 Å². The number of hydrogen-bond donors (Lipinski definition) is 1. The van der Waals surface area contributed by atoms with Gasteiger partial charge in [-0.3, -0.25) is 14.2 Å². The molecule has 42 heavy (non-hydrogen) atoms. The third-order valence-electron chi connectivity index (χ3n) is 6.70. The quantitative estimate of drug-likeness (QED) is 0.143. The van der Waals surface area contributed by atoms with Gasteiger partial charge in [0.15, 0.2) is 5.16 Å². The number of aryl methyl sites for hydroxylation is 1. The topological polar surface area (TPSA) is 73.2 Å². The van der Waals surface area contributed by atoms with Gasteiger partial charge in [-0.25, -0.2) is 4.98 Å². The highest BCUT2D eigenvalue weighted by Crippen LogP contribution is 2.37. The summed E-state index contributed by atoms with van der Waals surface area (Å²) in [5, 5.41) is 3.50. The van der Waals surface area contributed by atoms with Gasteiger partial charge in [-0.1, -0.05) is 78.5 Å².